The molecule has 0 unspecified atom stereocenters. The molecular weight excluding hydrogens is 420 g/mol. The molecule has 2 rings (SSSR count). The molecule has 0 fully saturated rings. The topological polar surface area (TPSA) is 94.2 Å². The van der Waals surface area contributed by atoms with Gasteiger partial charge in [0.25, 0.3) is 10.0 Å². The molecule has 9 heteroatoms. The molecule has 0 aliphatic carbocycles. The van der Waals surface area contributed by atoms with E-state index in [0.717, 1.165) is 4.31 Å². The van der Waals surface area contributed by atoms with Crippen LogP contribution in [0.2, 0.25) is 0 Å². The van der Waals surface area contributed by atoms with E-state index in [4.69, 9.17) is 14.2 Å². The van der Waals surface area contributed by atoms with Crippen LogP contribution in [0.15, 0.2) is 53.4 Å². The van der Waals surface area contributed by atoms with Crippen LogP contribution >= 0.6 is 0 Å². The zero-order valence-electron chi connectivity index (χ0n) is 18.3. The number of carbonyl (C=O) groups is 1. The molecule has 1 N–H and O–H groups in total. The molecule has 0 saturated carbocycles. The van der Waals surface area contributed by atoms with Crippen molar-refractivity contribution >= 4 is 21.6 Å². The van der Waals surface area contributed by atoms with Crippen LogP contribution in [0, 0.1) is 0 Å². The van der Waals surface area contributed by atoms with Gasteiger partial charge < -0.3 is 19.5 Å². The second kappa shape index (κ2) is 11.6. The number of methoxy groups -OCH3 is 2. The molecule has 170 valence electrons. The van der Waals surface area contributed by atoms with Crippen LogP contribution in [0.25, 0.3) is 0 Å². The van der Waals surface area contributed by atoms with E-state index >= 15 is 0 Å². The number of hydrogen-bond donors (Lipinski definition) is 1. The Labute approximate surface area is 184 Å². The van der Waals surface area contributed by atoms with Crippen molar-refractivity contribution in [2.45, 2.75) is 31.3 Å². The average molecular weight is 451 g/mol. The van der Waals surface area contributed by atoms with Gasteiger partial charge >= 0.3 is 0 Å². The Balaban J connectivity index is 2.25. The molecule has 0 bridgehead atoms. The molecule has 8 nitrogen and oxygen atoms in total. The van der Waals surface area contributed by atoms with Gasteiger partial charge in [0.2, 0.25) is 5.91 Å². The maximum atomic E-state index is 13.4. The molecule has 0 radical (unpaired) electrons. The van der Waals surface area contributed by atoms with Crippen molar-refractivity contribution in [3.05, 3.63) is 48.5 Å². The Bertz CT molecular complexity index is 945. The van der Waals surface area contributed by atoms with E-state index in [1.165, 1.54) is 26.4 Å². The zero-order valence-corrected chi connectivity index (χ0v) is 19.1. The SMILES string of the molecule is COc1ccc(S(=O)(=O)N(CC(=O)NCCCOC(C)C)c2ccccc2OC)cc1. The van der Waals surface area contributed by atoms with E-state index in [0.29, 0.717) is 31.1 Å². The summed E-state index contributed by atoms with van der Waals surface area (Å²) in [4.78, 5) is 12.6. The molecule has 2 aromatic rings. The molecule has 0 aromatic heterocycles. The van der Waals surface area contributed by atoms with Crippen LogP contribution in [0.5, 0.6) is 11.5 Å². The maximum Gasteiger partial charge on any atom is 0.264 e. The van der Waals surface area contributed by atoms with Crippen LogP contribution in [-0.2, 0) is 19.6 Å². The summed E-state index contributed by atoms with van der Waals surface area (Å²) in [5.41, 5.74) is 0.277. The third-order valence-electron chi connectivity index (χ3n) is 4.38. The Kier molecular flexibility index (Phi) is 9.14. The summed E-state index contributed by atoms with van der Waals surface area (Å²) >= 11 is 0. The largest absolute Gasteiger partial charge is 0.497 e. The zero-order chi connectivity index (χ0) is 22.9. The van der Waals surface area contributed by atoms with Gasteiger partial charge in [0.05, 0.1) is 30.9 Å². The van der Waals surface area contributed by atoms with Gasteiger partial charge in [-0.15, -0.1) is 0 Å². The summed E-state index contributed by atoms with van der Waals surface area (Å²) in [6, 6.07) is 12.7. The number of benzene rings is 2. The van der Waals surface area contributed by atoms with Crippen molar-refractivity contribution in [2.24, 2.45) is 0 Å². The molecule has 2 aromatic carbocycles. The average Bonchev–Trinajstić information content (AvgIpc) is 2.77. The van der Waals surface area contributed by atoms with E-state index in [2.05, 4.69) is 5.32 Å². The fourth-order valence-electron chi connectivity index (χ4n) is 2.82. The quantitative estimate of drug-likeness (QED) is 0.500. The first-order chi connectivity index (χ1) is 14.8. The smallest absolute Gasteiger partial charge is 0.264 e. The van der Waals surface area contributed by atoms with Gasteiger partial charge in [0, 0.05) is 13.2 Å². The number of rotatable bonds is 12. The fourth-order valence-corrected chi connectivity index (χ4v) is 4.25. The molecule has 0 saturated heterocycles. The van der Waals surface area contributed by atoms with E-state index < -0.39 is 15.9 Å². The molecule has 0 aliphatic heterocycles. The summed E-state index contributed by atoms with van der Waals surface area (Å²) in [7, 11) is -1.09. The number of nitrogens with zero attached hydrogens (tertiary/aromatic N) is 1. The standard InChI is InChI=1S/C22H30N2O6S/c1-17(2)30-15-7-14-23-22(25)16-24(20-8-5-6-9-21(20)29-4)31(26,27)19-12-10-18(28-3)11-13-19/h5-6,8-13,17H,7,14-16H2,1-4H3,(H,23,25). The second-order valence-electron chi connectivity index (χ2n) is 6.98. The first kappa shape index (κ1) is 24.5. The molecule has 0 aliphatic rings. The minimum Gasteiger partial charge on any atom is -0.497 e. The Hall–Kier alpha value is -2.78. The first-order valence-electron chi connectivity index (χ1n) is 9.97. The predicted octanol–water partition coefficient (Wildman–Crippen LogP) is 2.83. The minimum atomic E-state index is -4.04. The third kappa shape index (κ3) is 6.86. The number of para-hydroxylation sites is 2. The number of sulfonamides is 1. The number of anilines is 1. The highest BCUT2D eigenvalue weighted by atomic mass is 32.2. The van der Waals surface area contributed by atoms with Gasteiger partial charge in [-0.25, -0.2) is 8.42 Å². The molecule has 31 heavy (non-hydrogen) atoms. The summed E-state index contributed by atoms with van der Waals surface area (Å²) < 4.78 is 43.8. The van der Waals surface area contributed by atoms with Crippen molar-refractivity contribution < 1.29 is 27.4 Å². The van der Waals surface area contributed by atoms with Crippen LogP contribution in [0.3, 0.4) is 0 Å². The van der Waals surface area contributed by atoms with E-state index in [9.17, 15) is 13.2 Å². The number of ether oxygens (including phenoxy) is 3. The highest BCUT2D eigenvalue weighted by Gasteiger charge is 2.29. The number of hydrogen-bond acceptors (Lipinski definition) is 6. The Morgan fingerprint density at radius 3 is 2.32 bits per heavy atom. The van der Waals surface area contributed by atoms with Crippen molar-refractivity contribution in [1.29, 1.82) is 0 Å². The molecule has 0 atom stereocenters. The van der Waals surface area contributed by atoms with Gasteiger partial charge in [0.15, 0.2) is 0 Å². The Morgan fingerprint density at radius 1 is 1.03 bits per heavy atom. The summed E-state index contributed by atoms with van der Waals surface area (Å²) in [5.74, 6) is 0.453. The minimum absolute atomic E-state index is 0.0392. The van der Waals surface area contributed by atoms with Crippen LogP contribution in [0.4, 0.5) is 5.69 Å². The summed E-state index contributed by atoms with van der Waals surface area (Å²) in [6.45, 7) is 4.38. The van der Waals surface area contributed by atoms with Gasteiger partial charge in [-0.05, 0) is 56.7 Å². The molecule has 0 heterocycles. The summed E-state index contributed by atoms with van der Waals surface area (Å²) in [6.07, 6.45) is 0.746. The highest BCUT2D eigenvalue weighted by Crippen LogP contribution is 2.32. The first-order valence-corrected chi connectivity index (χ1v) is 11.4. The van der Waals surface area contributed by atoms with Crippen molar-refractivity contribution in [3.8, 4) is 11.5 Å². The number of amides is 1. The van der Waals surface area contributed by atoms with Gasteiger partial charge in [-0.1, -0.05) is 12.1 Å². The van der Waals surface area contributed by atoms with Crippen LogP contribution < -0.4 is 19.1 Å². The monoisotopic (exact) mass is 450 g/mol. The number of nitrogens with one attached hydrogen (secondary N) is 1. The van der Waals surface area contributed by atoms with Gasteiger partial charge in [0.1, 0.15) is 18.0 Å². The number of carbonyl (C=O) groups excluding carboxylic acids is 1. The van der Waals surface area contributed by atoms with Gasteiger partial charge in [-0.3, -0.25) is 9.10 Å². The van der Waals surface area contributed by atoms with E-state index in [1.54, 1.807) is 36.4 Å². The predicted molar refractivity (Wildman–Crippen MR) is 119 cm³/mol. The normalized spacial score (nSPS) is 11.3. The van der Waals surface area contributed by atoms with Crippen molar-refractivity contribution in [3.63, 3.8) is 0 Å². The Morgan fingerprint density at radius 2 is 1.71 bits per heavy atom. The lowest BCUT2D eigenvalue weighted by Gasteiger charge is -2.25. The van der Waals surface area contributed by atoms with E-state index in [-0.39, 0.29) is 23.2 Å². The lowest BCUT2D eigenvalue weighted by molar-refractivity contribution is -0.119. The van der Waals surface area contributed by atoms with E-state index in [1.807, 2.05) is 13.8 Å². The third-order valence-corrected chi connectivity index (χ3v) is 6.16. The molecule has 0 spiro atoms. The van der Waals surface area contributed by atoms with Gasteiger partial charge in [-0.2, -0.15) is 0 Å². The van der Waals surface area contributed by atoms with Crippen molar-refractivity contribution in [1.82, 2.24) is 5.32 Å². The van der Waals surface area contributed by atoms with Crippen LogP contribution in [-0.4, -0.2) is 54.3 Å². The lowest BCUT2D eigenvalue weighted by Crippen LogP contribution is -2.41. The lowest BCUT2D eigenvalue weighted by atomic mass is 10.3. The molecule has 1 amide bonds. The maximum absolute atomic E-state index is 13.4. The summed E-state index contributed by atoms with van der Waals surface area (Å²) in [5, 5.41) is 2.75. The van der Waals surface area contributed by atoms with Crippen LogP contribution in [0.1, 0.15) is 20.3 Å². The molecular formula is C22H30N2O6S. The highest BCUT2D eigenvalue weighted by molar-refractivity contribution is 7.92. The fraction of sp³-hybridized carbons (Fsp3) is 0.409. The van der Waals surface area contributed by atoms with Crippen molar-refractivity contribution in [2.75, 3.05) is 38.2 Å². The second-order valence-corrected chi connectivity index (χ2v) is 8.84.